The number of hydrogen-bond donors (Lipinski definition) is 3. The van der Waals surface area contributed by atoms with Crippen molar-refractivity contribution in [3.63, 3.8) is 0 Å². The van der Waals surface area contributed by atoms with Gasteiger partial charge in [-0.3, -0.25) is 0 Å². The van der Waals surface area contributed by atoms with Gasteiger partial charge in [0.05, 0.1) is 6.61 Å². The van der Waals surface area contributed by atoms with E-state index in [0.717, 1.165) is 16.0 Å². The summed E-state index contributed by atoms with van der Waals surface area (Å²) in [6, 6.07) is 5.65. The third-order valence-electron chi connectivity index (χ3n) is 1.94. The Labute approximate surface area is 92.8 Å². The molecule has 1 aromatic rings. The molecule has 0 bridgehead atoms. The van der Waals surface area contributed by atoms with Gasteiger partial charge in [-0.25, -0.2) is 0 Å². The molecule has 1 aromatic carbocycles. The number of amidine groups is 1. The van der Waals surface area contributed by atoms with E-state index in [4.69, 9.17) is 16.0 Å². The number of nitrogens with zero attached hydrogens (tertiary/aromatic N) is 1. The molecule has 0 fully saturated rings. The highest BCUT2D eigenvalue weighted by Crippen LogP contribution is 2.20. The van der Waals surface area contributed by atoms with Crippen molar-refractivity contribution in [3.05, 3.63) is 29.3 Å². The number of oxime groups is 1. The average molecular weight is 226 g/mol. The Hall–Kier alpha value is -1.20. The maximum Gasteiger partial charge on any atom is 0.170 e. The van der Waals surface area contributed by atoms with Gasteiger partial charge < -0.3 is 16.0 Å². The zero-order chi connectivity index (χ0) is 11.3. The smallest absolute Gasteiger partial charge is 0.170 e. The van der Waals surface area contributed by atoms with Crippen molar-refractivity contribution in [2.45, 2.75) is 11.8 Å². The number of hydrogen-bond acceptors (Lipinski definition) is 4. The van der Waals surface area contributed by atoms with Crippen LogP contribution in [0.3, 0.4) is 0 Å². The highest BCUT2D eigenvalue weighted by atomic mass is 32.2. The van der Waals surface area contributed by atoms with E-state index < -0.39 is 0 Å². The van der Waals surface area contributed by atoms with E-state index in [1.165, 1.54) is 0 Å². The number of aryl methyl sites for hydroxylation is 1. The van der Waals surface area contributed by atoms with Gasteiger partial charge in [0.2, 0.25) is 0 Å². The Morgan fingerprint density at radius 2 is 2.27 bits per heavy atom. The summed E-state index contributed by atoms with van der Waals surface area (Å²) in [7, 11) is 0. The van der Waals surface area contributed by atoms with Crippen LogP contribution in [0.15, 0.2) is 28.3 Å². The van der Waals surface area contributed by atoms with Crippen LogP contribution in [0.4, 0.5) is 0 Å². The topological polar surface area (TPSA) is 78.8 Å². The normalized spacial score (nSPS) is 11.7. The molecule has 0 unspecified atom stereocenters. The second-order valence-electron chi connectivity index (χ2n) is 3.03. The molecule has 0 saturated carbocycles. The number of benzene rings is 1. The first-order chi connectivity index (χ1) is 7.19. The Kier molecular flexibility index (Phi) is 4.45. The molecule has 4 nitrogen and oxygen atoms in total. The van der Waals surface area contributed by atoms with E-state index in [1.807, 2.05) is 25.1 Å². The SMILES string of the molecule is Cc1cc(SCCO)ccc1/C(N)=N/O. The molecule has 5 heteroatoms. The van der Waals surface area contributed by atoms with Crippen molar-refractivity contribution in [1.82, 2.24) is 0 Å². The lowest BCUT2D eigenvalue weighted by atomic mass is 10.1. The van der Waals surface area contributed by atoms with Gasteiger partial charge in [-0.1, -0.05) is 5.16 Å². The molecular formula is C10H14N2O2S. The summed E-state index contributed by atoms with van der Waals surface area (Å²) in [4.78, 5) is 1.07. The first kappa shape index (κ1) is 11.9. The molecule has 1 rings (SSSR count). The lowest BCUT2D eigenvalue weighted by molar-refractivity contribution is 0.318. The van der Waals surface area contributed by atoms with Crippen molar-refractivity contribution < 1.29 is 10.3 Å². The zero-order valence-electron chi connectivity index (χ0n) is 8.47. The Morgan fingerprint density at radius 3 is 2.80 bits per heavy atom. The van der Waals surface area contributed by atoms with Gasteiger partial charge in [0, 0.05) is 16.2 Å². The molecule has 0 saturated heterocycles. The Morgan fingerprint density at radius 1 is 1.53 bits per heavy atom. The molecule has 0 aliphatic heterocycles. The summed E-state index contributed by atoms with van der Waals surface area (Å²) < 4.78 is 0. The minimum absolute atomic E-state index is 0.117. The molecular weight excluding hydrogens is 212 g/mol. The second kappa shape index (κ2) is 5.63. The molecule has 0 spiro atoms. The van der Waals surface area contributed by atoms with Crippen molar-refractivity contribution in [2.24, 2.45) is 10.9 Å². The van der Waals surface area contributed by atoms with Crippen LogP contribution < -0.4 is 5.73 Å². The minimum Gasteiger partial charge on any atom is -0.409 e. The van der Waals surface area contributed by atoms with E-state index in [0.29, 0.717) is 5.75 Å². The van der Waals surface area contributed by atoms with E-state index in [-0.39, 0.29) is 12.4 Å². The fourth-order valence-corrected chi connectivity index (χ4v) is 1.98. The summed E-state index contributed by atoms with van der Waals surface area (Å²) in [5, 5.41) is 20.2. The monoisotopic (exact) mass is 226 g/mol. The fourth-order valence-electron chi connectivity index (χ4n) is 1.23. The van der Waals surface area contributed by atoms with Crippen molar-refractivity contribution >= 4 is 17.6 Å². The van der Waals surface area contributed by atoms with Crippen LogP contribution in [-0.4, -0.2) is 28.5 Å². The van der Waals surface area contributed by atoms with E-state index in [1.54, 1.807) is 11.8 Å². The van der Waals surface area contributed by atoms with Gasteiger partial charge in [0.25, 0.3) is 0 Å². The molecule has 0 heterocycles. The third kappa shape index (κ3) is 3.14. The Bertz CT molecular complexity index is 366. The molecule has 4 N–H and O–H groups in total. The maximum atomic E-state index is 8.68. The third-order valence-corrected chi connectivity index (χ3v) is 2.92. The zero-order valence-corrected chi connectivity index (χ0v) is 9.29. The van der Waals surface area contributed by atoms with E-state index in [9.17, 15) is 0 Å². The summed E-state index contributed by atoms with van der Waals surface area (Å²) in [5.74, 6) is 0.786. The van der Waals surface area contributed by atoms with Gasteiger partial charge >= 0.3 is 0 Å². The molecule has 0 aromatic heterocycles. The molecule has 82 valence electrons. The number of aliphatic hydroxyl groups excluding tert-OH is 1. The fraction of sp³-hybridized carbons (Fsp3) is 0.300. The predicted molar refractivity (Wildman–Crippen MR) is 61.5 cm³/mol. The van der Waals surface area contributed by atoms with Crippen LogP contribution in [0.25, 0.3) is 0 Å². The first-order valence-electron chi connectivity index (χ1n) is 4.51. The van der Waals surface area contributed by atoms with Gasteiger partial charge in [-0.05, 0) is 30.7 Å². The Balaban J connectivity index is 2.88. The lowest BCUT2D eigenvalue weighted by Gasteiger charge is -2.06. The van der Waals surface area contributed by atoms with Crippen molar-refractivity contribution in [3.8, 4) is 0 Å². The van der Waals surface area contributed by atoms with Crippen molar-refractivity contribution in [1.29, 1.82) is 0 Å². The number of thioether (sulfide) groups is 1. The van der Waals surface area contributed by atoms with Gasteiger partial charge in [-0.15, -0.1) is 11.8 Å². The summed E-state index contributed by atoms with van der Waals surface area (Å²) in [5.41, 5.74) is 7.18. The lowest BCUT2D eigenvalue weighted by Crippen LogP contribution is -2.14. The standard InChI is InChI=1S/C10H14N2O2S/c1-7-6-8(15-5-4-13)2-3-9(7)10(11)12-14/h2-3,6,13-14H,4-5H2,1H3,(H2,11,12). The van der Waals surface area contributed by atoms with Crippen LogP contribution in [-0.2, 0) is 0 Å². The highest BCUT2D eigenvalue weighted by Gasteiger charge is 2.04. The minimum atomic E-state index is 0.117. The van der Waals surface area contributed by atoms with E-state index in [2.05, 4.69) is 5.16 Å². The molecule has 0 aliphatic carbocycles. The molecule has 15 heavy (non-hydrogen) atoms. The maximum absolute atomic E-state index is 8.68. The van der Waals surface area contributed by atoms with E-state index >= 15 is 0 Å². The van der Waals surface area contributed by atoms with Gasteiger partial charge in [0.1, 0.15) is 0 Å². The van der Waals surface area contributed by atoms with Gasteiger partial charge in [0.15, 0.2) is 5.84 Å². The van der Waals surface area contributed by atoms with Crippen LogP contribution in [0.1, 0.15) is 11.1 Å². The average Bonchev–Trinajstić information content (AvgIpc) is 2.25. The largest absolute Gasteiger partial charge is 0.409 e. The number of aliphatic hydroxyl groups is 1. The van der Waals surface area contributed by atoms with Gasteiger partial charge in [-0.2, -0.15) is 0 Å². The van der Waals surface area contributed by atoms with Crippen LogP contribution in [0.5, 0.6) is 0 Å². The molecule has 0 amide bonds. The number of rotatable bonds is 4. The molecule has 0 radical (unpaired) electrons. The molecule has 0 atom stereocenters. The summed E-state index contributed by atoms with van der Waals surface area (Å²) >= 11 is 1.57. The summed E-state index contributed by atoms with van der Waals surface area (Å²) in [6.07, 6.45) is 0. The van der Waals surface area contributed by atoms with Crippen LogP contribution in [0, 0.1) is 6.92 Å². The molecule has 0 aliphatic rings. The summed E-state index contributed by atoms with van der Waals surface area (Å²) in [6.45, 7) is 2.06. The highest BCUT2D eigenvalue weighted by molar-refractivity contribution is 7.99. The number of nitrogens with two attached hydrogens (primary N) is 1. The van der Waals surface area contributed by atoms with Crippen LogP contribution >= 0.6 is 11.8 Å². The quantitative estimate of drug-likeness (QED) is 0.237. The second-order valence-corrected chi connectivity index (χ2v) is 4.20. The first-order valence-corrected chi connectivity index (χ1v) is 5.49. The van der Waals surface area contributed by atoms with Crippen molar-refractivity contribution in [2.75, 3.05) is 12.4 Å². The van der Waals surface area contributed by atoms with Crippen LogP contribution in [0.2, 0.25) is 0 Å². The predicted octanol–water partition coefficient (Wildman–Crippen LogP) is 1.17.